The normalized spacial score (nSPS) is 13.5. The summed E-state index contributed by atoms with van der Waals surface area (Å²) in [6.07, 6.45) is 2.96. The molecule has 0 fully saturated rings. The molecule has 0 bridgehead atoms. The van der Waals surface area contributed by atoms with Crippen LogP contribution in [0, 0.1) is 0 Å². The Morgan fingerprint density at radius 3 is 2.44 bits per heavy atom. The molecule has 0 atom stereocenters. The van der Waals surface area contributed by atoms with E-state index in [1.165, 1.54) is 0 Å². The fourth-order valence-corrected chi connectivity index (χ4v) is 3.12. The van der Waals surface area contributed by atoms with Gasteiger partial charge in [0.05, 0.1) is 17.7 Å². The number of rotatable bonds is 10. The van der Waals surface area contributed by atoms with Crippen LogP contribution in [0.5, 0.6) is 5.75 Å². The molecule has 27 heavy (non-hydrogen) atoms. The molecule has 0 spiro atoms. The van der Waals surface area contributed by atoms with Crippen LogP contribution in [0.25, 0.3) is 10.8 Å². The summed E-state index contributed by atoms with van der Waals surface area (Å²) in [5, 5.41) is 2.55. The minimum atomic E-state index is -0.327. The van der Waals surface area contributed by atoms with Gasteiger partial charge in [0.25, 0.3) is 11.8 Å². The molecule has 144 valence electrons. The van der Waals surface area contributed by atoms with E-state index in [0.717, 1.165) is 36.3 Å². The van der Waals surface area contributed by atoms with E-state index in [9.17, 15) is 9.59 Å². The maximum Gasteiger partial charge on any atom is 0.275 e. The van der Waals surface area contributed by atoms with Gasteiger partial charge in [-0.15, -0.1) is 0 Å². The van der Waals surface area contributed by atoms with E-state index in [0.29, 0.717) is 42.0 Å². The number of nitrogens with zero attached hydrogens (tertiary/aromatic N) is 1. The van der Waals surface area contributed by atoms with E-state index in [2.05, 4.69) is 12.3 Å². The van der Waals surface area contributed by atoms with Gasteiger partial charge in [0, 0.05) is 23.9 Å². The molecule has 1 aliphatic heterocycles. The maximum absolute atomic E-state index is 12.8. The monoisotopic (exact) mass is 370 g/mol. The Labute approximate surface area is 159 Å². The van der Waals surface area contributed by atoms with Crippen molar-refractivity contribution in [3.8, 4) is 5.75 Å². The van der Waals surface area contributed by atoms with Crippen LogP contribution in [0.3, 0.4) is 0 Å². The number of nitrogens with one attached hydrogen (secondary N) is 1. The number of carbonyl (C=O) groups is 2. The molecule has 1 N–H and O–H groups in total. The SMILES string of the molecule is CCCCOCCOc1ccc2c3c(cccc13)C(=O)N(NCCC)C2=O. The van der Waals surface area contributed by atoms with E-state index in [4.69, 9.17) is 9.47 Å². The van der Waals surface area contributed by atoms with E-state index in [1.807, 2.05) is 19.1 Å². The fourth-order valence-electron chi connectivity index (χ4n) is 3.12. The third-order valence-electron chi connectivity index (χ3n) is 4.52. The number of carbonyl (C=O) groups excluding carboxylic acids is 2. The summed E-state index contributed by atoms with van der Waals surface area (Å²) in [6, 6.07) is 8.97. The molecule has 1 aliphatic rings. The molecule has 3 rings (SSSR count). The first-order valence-electron chi connectivity index (χ1n) is 9.57. The lowest BCUT2D eigenvalue weighted by Gasteiger charge is -2.27. The molecule has 0 saturated heterocycles. The molecule has 0 aromatic heterocycles. The maximum atomic E-state index is 12.8. The molecule has 1 heterocycles. The Balaban J connectivity index is 1.84. The van der Waals surface area contributed by atoms with Gasteiger partial charge in [0.2, 0.25) is 0 Å². The minimum absolute atomic E-state index is 0.327. The van der Waals surface area contributed by atoms with Gasteiger partial charge < -0.3 is 9.47 Å². The van der Waals surface area contributed by atoms with E-state index in [1.54, 1.807) is 18.2 Å². The second-order valence-corrected chi connectivity index (χ2v) is 6.51. The molecule has 0 saturated carbocycles. The van der Waals surface area contributed by atoms with Gasteiger partial charge >= 0.3 is 0 Å². The van der Waals surface area contributed by atoms with Crippen LogP contribution in [0.15, 0.2) is 30.3 Å². The van der Waals surface area contributed by atoms with Crippen molar-refractivity contribution >= 4 is 22.6 Å². The van der Waals surface area contributed by atoms with Gasteiger partial charge in [0.15, 0.2) is 0 Å². The Hall–Kier alpha value is -2.44. The molecule has 0 aliphatic carbocycles. The highest BCUT2D eigenvalue weighted by Crippen LogP contribution is 2.35. The second kappa shape index (κ2) is 8.97. The van der Waals surface area contributed by atoms with Crippen molar-refractivity contribution in [2.45, 2.75) is 33.1 Å². The van der Waals surface area contributed by atoms with Crippen LogP contribution in [-0.4, -0.2) is 43.2 Å². The number of imide groups is 1. The van der Waals surface area contributed by atoms with Crippen LogP contribution in [-0.2, 0) is 4.74 Å². The fraction of sp³-hybridized carbons (Fsp3) is 0.429. The number of unbranched alkanes of at least 4 members (excludes halogenated alkanes) is 1. The van der Waals surface area contributed by atoms with Crippen molar-refractivity contribution in [2.24, 2.45) is 0 Å². The second-order valence-electron chi connectivity index (χ2n) is 6.51. The highest BCUT2D eigenvalue weighted by molar-refractivity contribution is 6.25. The van der Waals surface area contributed by atoms with Gasteiger partial charge in [-0.3, -0.25) is 9.59 Å². The number of amides is 2. The van der Waals surface area contributed by atoms with Gasteiger partial charge in [-0.25, -0.2) is 10.4 Å². The summed E-state index contributed by atoms with van der Waals surface area (Å²) in [4.78, 5) is 25.5. The summed E-state index contributed by atoms with van der Waals surface area (Å²) >= 11 is 0. The van der Waals surface area contributed by atoms with Crippen LogP contribution in [0.1, 0.15) is 53.8 Å². The highest BCUT2D eigenvalue weighted by Gasteiger charge is 2.33. The van der Waals surface area contributed by atoms with Gasteiger partial charge in [-0.2, -0.15) is 0 Å². The van der Waals surface area contributed by atoms with Crippen molar-refractivity contribution in [1.82, 2.24) is 10.4 Å². The van der Waals surface area contributed by atoms with Crippen molar-refractivity contribution in [2.75, 3.05) is 26.4 Å². The molecular weight excluding hydrogens is 344 g/mol. The average molecular weight is 370 g/mol. The quantitative estimate of drug-likeness (QED) is 0.512. The van der Waals surface area contributed by atoms with Crippen LogP contribution in [0.2, 0.25) is 0 Å². The van der Waals surface area contributed by atoms with Crippen molar-refractivity contribution in [1.29, 1.82) is 0 Å². The Kier molecular flexibility index (Phi) is 6.42. The standard InChI is InChI=1S/C21H26N2O4/c1-3-5-12-26-13-14-27-18-10-9-17-19-15(18)7-6-8-16(19)20(24)23(21(17)25)22-11-4-2/h6-10,22H,3-5,11-14H2,1-2H3. The summed E-state index contributed by atoms with van der Waals surface area (Å²) in [5.74, 6) is 0.00320. The number of hydrazine groups is 1. The molecule has 6 heteroatoms. The van der Waals surface area contributed by atoms with Gasteiger partial charge in [-0.05, 0) is 31.0 Å². The summed E-state index contributed by atoms with van der Waals surface area (Å²) in [7, 11) is 0. The molecule has 0 unspecified atom stereocenters. The van der Waals surface area contributed by atoms with Crippen molar-refractivity contribution in [3.05, 3.63) is 41.5 Å². The van der Waals surface area contributed by atoms with Crippen molar-refractivity contribution in [3.63, 3.8) is 0 Å². The zero-order chi connectivity index (χ0) is 19.2. The third-order valence-corrected chi connectivity index (χ3v) is 4.52. The summed E-state index contributed by atoms with van der Waals surface area (Å²) < 4.78 is 11.4. The summed E-state index contributed by atoms with van der Waals surface area (Å²) in [6.45, 7) is 6.33. The zero-order valence-electron chi connectivity index (χ0n) is 15.9. The van der Waals surface area contributed by atoms with Gasteiger partial charge in [0.1, 0.15) is 12.4 Å². The van der Waals surface area contributed by atoms with Gasteiger partial charge in [-0.1, -0.05) is 32.4 Å². The van der Waals surface area contributed by atoms with Crippen LogP contribution < -0.4 is 10.2 Å². The first-order chi connectivity index (χ1) is 13.2. The topological polar surface area (TPSA) is 67.9 Å². The van der Waals surface area contributed by atoms with Crippen molar-refractivity contribution < 1.29 is 19.1 Å². The molecule has 2 amide bonds. The van der Waals surface area contributed by atoms with E-state index >= 15 is 0 Å². The molecule has 2 aromatic carbocycles. The average Bonchev–Trinajstić information content (AvgIpc) is 2.69. The van der Waals surface area contributed by atoms with E-state index < -0.39 is 0 Å². The molecule has 6 nitrogen and oxygen atoms in total. The first kappa shape index (κ1) is 19.3. The Morgan fingerprint density at radius 1 is 0.926 bits per heavy atom. The zero-order valence-corrected chi connectivity index (χ0v) is 15.9. The first-order valence-corrected chi connectivity index (χ1v) is 9.57. The predicted molar refractivity (Wildman–Crippen MR) is 104 cm³/mol. The largest absolute Gasteiger partial charge is 0.491 e. The smallest absolute Gasteiger partial charge is 0.275 e. The lowest BCUT2D eigenvalue weighted by molar-refractivity contribution is 0.0521. The van der Waals surface area contributed by atoms with Crippen LogP contribution in [0.4, 0.5) is 0 Å². The van der Waals surface area contributed by atoms with E-state index in [-0.39, 0.29) is 11.8 Å². The number of ether oxygens (including phenoxy) is 2. The lowest BCUT2D eigenvalue weighted by Crippen LogP contribution is -2.49. The van der Waals surface area contributed by atoms with Crippen LogP contribution >= 0.6 is 0 Å². The summed E-state index contributed by atoms with van der Waals surface area (Å²) in [5.41, 5.74) is 3.93. The lowest BCUT2D eigenvalue weighted by atomic mass is 9.94. The molecule has 0 radical (unpaired) electrons. The number of hydrogen-bond acceptors (Lipinski definition) is 5. The predicted octanol–water partition coefficient (Wildman–Crippen LogP) is 3.55. The molecular formula is C21H26N2O4. The Bertz CT molecular complexity index is 812. The highest BCUT2D eigenvalue weighted by atomic mass is 16.5. The third kappa shape index (κ3) is 3.96. The Morgan fingerprint density at radius 2 is 1.70 bits per heavy atom. The number of benzene rings is 2. The minimum Gasteiger partial charge on any atom is -0.491 e. The molecule has 2 aromatic rings. The number of hydrogen-bond donors (Lipinski definition) is 1.